The molecule has 0 radical (unpaired) electrons. The Labute approximate surface area is 137 Å². The molecule has 6 heteroatoms. The minimum Gasteiger partial charge on any atom is -0.338 e. The Kier molecular flexibility index (Phi) is 5.55. The van der Waals surface area contributed by atoms with Gasteiger partial charge in [0.25, 0.3) is 0 Å². The summed E-state index contributed by atoms with van der Waals surface area (Å²) in [7, 11) is -2.96. The molecule has 1 aliphatic heterocycles. The van der Waals surface area contributed by atoms with Gasteiger partial charge in [0, 0.05) is 17.5 Å². The molecule has 2 rings (SSSR count). The second-order valence-electron chi connectivity index (χ2n) is 5.77. The Hall–Kier alpha value is -1.01. The molecule has 1 aliphatic rings. The monoisotopic (exact) mass is 341 g/mol. The molecule has 1 atom stereocenters. The maximum atomic E-state index is 12.4. The molecule has 0 spiro atoms. The van der Waals surface area contributed by atoms with Crippen molar-refractivity contribution in [3.8, 4) is 0 Å². The Bertz CT molecular complexity index is 655. The van der Waals surface area contributed by atoms with E-state index in [1.54, 1.807) is 4.90 Å². The average Bonchev–Trinajstić information content (AvgIpc) is 2.81. The molecule has 1 aromatic carbocycles. The third-order valence-electron chi connectivity index (χ3n) is 4.15. The second-order valence-corrected chi connectivity index (χ2v) is 9.05. The van der Waals surface area contributed by atoms with Crippen LogP contribution in [0.25, 0.3) is 0 Å². The van der Waals surface area contributed by atoms with Crippen LogP contribution in [0.4, 0.5) is 0 Å². The summed E-state index contributed by atoms with van der Waals surface area (Å²) in [6.07, 6.45) is 0.566. The lowest BCUT2D eigenvalue weighted by molar-refractivity contribution is -0.129. The number of amides is 1. The number of thioether (sulfide) groups is 1. The number of carbonyl (C=O) groups excluding carboxylic acids is 1. The Morgan fingerprint density at radius 2 is 2.05 bits per heavy atom. The van der Waals surface area contributed by atoms with E-state index in [9.17, 15) is 13.2 Å². The molecule has 122 valence electrons. The normalized spacial score (nSPS) is 20.0. The summed E-state index contributed by atoms with van der Waals surface area (Å²) in [4.78, 5) is 15.2. The molecule has 4 nitrogen and oxygen atoms in total. The first-order valence-corrected chi connectivity index (χ1v) is 10.3. The molecule has 1 heterocycles. The minimum atomic E-state index is -2.96. The van der Waals surface area contributed by atoms with Crippen molar-refractivity contribution < 1.29 is 13.2 Å². The molecule has 1 aromatic rings. The van der Waals surface area contributed by atoms with Crippen LogP contribution >= 0.6 is 11.8 Å². The predicted octanol–water partition coefficient (Wildman–Crippen LogP) is 2.43. The fourth-order valence-corrected chi connectivity index (χ4v) is 5.30. The van der Waals surface area contributed by atoms with Crippen molar-refractivity contribution in [2.45, 2.75) is 38.1 Å². The van der Waals surface area contributed by atoms with E-state index < -0.39 is 9.84 Å². The van der Waals surface area contributed by atoms with Crippen LogP contribution < -0.4 is 0 Å². The highest BCUT2D eigenvalue weighted by Gasteiger charge is 2.33. The highest BCUT2D eigenvalue weighted by atomic mass is 32.2. The van der Waals surface area contributed by atoms with Crippen molar-refractivity contribution in [2.24, 2.45) is 0 Å². The lowest BCUT2D eigenvalue weighted by Crippen LogP contribution is -2.41. The van der Waals surface area contributed by atoms with E-state index in [4.69, 9.17) is 0 Å². The molecule has 0 bridgehead atoms. The van der Waals surface area contributed by atoms with E-state index in [0.29, 0.717) is 18.7 Å². The molecular weight excluding hydrogens is 318 g/mol. The zero-order valence-corrected chi connectivity index (χ0v) is 15.0. The molecule has 0 aliphatic carbocycles. The first kappa shape index (κ1) is 17.3. The van der Waals surface area contributed by atoms with Crippen LogP contribution in [0.1, 0.15) is 24.5 Å². The number of hydrogen-bond acceptors (Lipinski definition) is 4. The summed E-state index contributed by atoms with van der Waals surface area (Å²) in [6, 6.07) is 6.02. The van der Waals surface area contributed by atoms with Gasteiger partial charge in [-0.2, -0.15) is 0 Å². The largest absolute Gasteiger partial charge is 0.338 e. The first-order chi connectivity index (χ1) is 10.3. The van der Waals surface area contributed by atoms with Crippen LogP contribution in [0.15, 0.2) is 23.1 Å². The van der Waals surface area contributed by atoms with Gasteiger partial charge in [-0.1, -0.05) is 6.07 Å². The topological polar surface area (TPSA) is 54.5 Å². The molecule has 22 heavy (non-hydrogen) atoms. The first-order valence-electron chi connectivity index (χ1n) is 7.52. The van der Waals surface area contributed by atoms with Gasteiger partial charge < -0.3 is 4.90 Å². The van der Waals surface area contributed by atoms with E-state index in [1.807, 2.05) is 13.0 Å². The highest BCUT2D eigenvalue weighted by Crippen LogP contribution is 2.23. The van der Waals surface area contributed by atoms with E-state index >= 15 is 0 Å². The summed E-state index contributed by atoms with van der Waals surface area (Å²) >= 11 is 1.51. The summed E-state index contributed by atoms with van der Waals surface area (Å²) in [6.45, 7) is 6.59. The number of benzene rings is 1. The highest BCUT2D eigenvalue weighted by molar-refractivity contribution is 8.00. The number of nitrogens with zero attached hydrogens (tertiary/aromatic N) is 1. The van der Waals surface area contributed by atoms with Crippen molar-refractivity contribution >= 4 is 27.5 Å². The van der Waals surface area contributed by atoms with Crippen LogP contribution in [0, 0.1) is 13.8 Å². The maximum absolute atomic E-state index is 12.4. The molecule has 0 saturated carbocycles. The fourth-order valence-electron chi connectivity index (χ4n) is 2.69. The third kappa shape index (κ3) is 4.26. The number of aryl methyl sites for hydroxylation is 2. The van der Waals surface area contributed by atoms with Crippen molar-refractivity contribution in [3.05, 3.63) is 29.3 Å². The standard InChI is InChI=1S/C16H23NO3S2/c1-4-17(14-7-8-22(19,20)11-14)16(18)10-21-15-6-5-12(2)13(3)9-15/h5-6,9,14H,4,7-8,10-11H2,1-3H3. The molecule has 0 N–H and O–H groups in total. The van der Waals surface area contributed by atoms with Crippen LogP contribution in [-0.2, 0) is 14.6 Å². The fraction of sp³-hybridized carbons (Fsp3) is 0.562. The zero-order valence-electron chi connectivity index (χ0n) is 13.3. The lowest BCUT2D eigenvalue weighted by Gasteiger charge is -2.26. The van der Waals surface area contributed by atoms with Gasteiger partial charge in [-0.15, -0.1) is 11.8 Å². The molecule has 1 fully saturated rings. The number of hydrogen-bond donors (Lipinski definition) is 0. The van der Waals surface area contributed by atoms with Crippen LogP contribution in [-0.4, -0.2) is 49.1 Å². The summed E-state index contributed by atoms with van der Waals surface area (Å²) < 4.78 is 23.2. The van der Waals surface area contributed by atoms with Crippen molar-refractivity contribution in [1.29, 1.82) is 0 Å². The van der Waals surface area contributed by atoms with E-state index in [1.165, 1.54) is 22.9 Å². The molecular formula is C16H23NO3S2. The zero-order chi connectivity index (χ0) is 16.3. The Morgan fingerprint density at radius 1 is 1.32 bits per heavy atom. The van der Waals surface area contributed by atoms with Crippen molar-refractivity contribution in [1.82, 2.24) is 4.90 Å². The van der Waals surface area contributed by atoms with Crippen LogP contribution in [0.3, 0.4) is 0 Å². The third-order valence-corrected chi connectivity index (χ3v) is 6.88. The SMILES string of the molecule is CCN(C(=O)CSc1ccc(C)c(C)c1)C1CCS(=O)(=O)C1. The molecule has 0 aromatic heterocycles. The predicted molar refractivity (Wildman–Crippen MR) is 91.1 cm³/mol. The van der Waals surface area contributed by atoms with Gasteiger partial charge in [0.1, 0.15) is 0 Å². The molecule has 1 amide bonds. The van der Waals surface area contributed by atoms with E-state index in [-0.39, 0.29) is 23.5 Å². The van der Waals surface area contributed by atoms with Gasteiger partial charge >= 0.3 is 0 Å². The van der Waals surface area contributed by atoms with Crippen LogP contribution in [0.2, 0.25) is 0 Å². The second kappa shape index (κ2) is 7.04. The minimum absolute atomic E-state index is 0.0211. The molecule has 1 unspecified atom stereocenters. The number of carbonyl (C=O) groups is 1. The number of rotatable bonds is 5. The van der Waals surface area contributed by atoms with Crippen LogP contribution in [0.5, 0.6) is 0 Å². The van der Waals surface area contributed by atoms with E-state index in [2.05, 4.69) is 26.0 Å². The van der Waals surface area contributed by atoms with Crippen molar-refractivity contribution in [2.75, 3.05) is 23.8 Å². The lowest BCUT2D eigenvalue weighted by atomic mass is 10.1. The van der Waals surface area contributed by atoms with E-state index in [0.717, 1.165) is 4.90 Å². The Balaban J connectivity index is 1.96. The van der Waals surface area contributed by atoms with Crippen molar-refractivity contribution in [3.63, 3.8) is 0 Å². The molecule has 1 saturated heterocycles. The van der Waals surface area contributed by atoms with Gasteiger partial charge in [0.05, 0.1) is 17.3 Å². The maximum Gasteiger partial charge on any atom is 0.233 e. The smallest absolute Gasteiger partial charge is 0.233 e. The number of sulfone groups is 1. The summed E-state index contributed by atoms with van der Waals surface area (Å²) in [5.74, 6) is 0.687. The Morgan fingerprint density at radius 3 is 2.59 bits per heavy atom. The van der Waals surface area contributed by atoms with Gasteiger partial charge in [-0.3, -0.25) is 4.79 Å². The summed E-state index contributed by atoms with van der Waals surface area (Å²) in [5.41, 5.74) is 2.45. The quantitative estimate of drug-likeness (QED) is 0.772. The van der Waals surface area contributed by atoms with Gasteiger partial charge in [-0.05, 0) is 50.5 Å². The van der Waals surface area contributed by atoms with Gasteiger partial charge in [0.2, 0.25) is 5.91 Å². The summed E-state index contributed by atoms with van der Waals surface area (Å²) in [5, 5.41) is 0. The average molecular weight is 341 g/mol. The van der Waals surface area contributed by atoms with Gasteiger partial charge in [0.15, 0.2) is 9.84 Å². The van der Waals surface area contributed by atoms with Gasteiger partial charge in [-0.25, -0.2) is 8.42 Å².